The highest BCUT2D eigenvalue weighted by atomic mass is 32.2. The Morgan fingerprint density at radius 2 is 1.88 bits per heavy atom. The lowest BCUT2D eigenvalue weighted by atomic mass is 9.98. The fourth-order valence-corrected chi connectivity index (χ4v) is 6.10. The molecule has 1 aliphatic heterocycles. The molecule has 1 atom stereocenters. The number of ether oxygens (including phenoxy) is 2. The van der Waals surface area contributed by atoms with Crippen LogP contribution in [-0.4, -0.2) is 48.1 Å². The predicted molar refractivity (Wildman–Crippen MR) is 159 cm³/mol. The summed E-state index contributed by atoms with van der Waals surface area (Å²) in [5.41, 5.74) is 2.86. The number of aromatic nitrogens is 2. The molecular formula is C31H34N4O5S. The van der Waals surface area contributed by atoms with Crippen molar-refractivity contribution in [2.75, 3.05) is 31.4 Å². The van der Waals surface area contributed by atoms with Gasteiger partial charge in [0.05, 0.1) is 49.3 Å². The summed E-state index contributed by atoms with van der Waals surface area (Å²) < 4.78 is 18.6. The zero-order chi connectivity index (χ0) is 29.1. The third kappa shape index (κ3) is 5.83. The van der Waals surface area contributed by atoms with Crippen molar-refractivity contribution in [1.29, 1.82) is 0 Å². The smallest absolute Gasteiger partial charge is 0.240 e. The van der Waals surface area contributed by atoms with Gasteiger partial charge in [-0.05, 0) is 51.1 Å². The van der Waals surface area contributed by atoms with Crippen LogP contribution in [0.5, 0.6) is 11.5 Å². The average molecular weight is 575 g/mol. The molecule has 0 radical (unpaired) electrons. The third-order valence-electron chi connectivity index (χ3n) is 6.83. The highest BCUT2D eigenvalue weighted by Crippen LogP contribution is 2.51. The second-order valence-corrected chi connectivity index (χ2v) is 11.8. The number of hydrogen-bond donors (Lipinski definition) is 1. The minimum atomic E-state index is -0.502. The normalized spacial score (nSPS) is 15.3. The van der Waals surface area contributed by atoms with Gasteiger partial charge in [0, 0.05) is 16.7 Å². The van der Waals surface area contributed by atoms with Gasteiger partial charge >= 0.3 is 0 Å². The lowest BCUT2D eigenvalue weighted by Gasteiger charge is -2.29. The van der Waals surface area contributed by atoms with E-state index in [4.69, 9.17) is 19.0 Å². The topological polar surface area (TPSA) is 98.8 Å². The number of anilines is 1. The van der Waals surface area contributed by atoms with Crippen LogP contribution in [0.15, 0.2) is 71.3 Å². The Bertz CT molecular complexity index is 1530. The summed E-state index contributed by atoms with van der Waals surface area (Å²) in [6.07, 6.45) is 1.56. The monoisotopic (exact) mass is 574 g/mol. The number of hydrogen-bond acceptors (Lipinski definition) is 7. The lowest BCUT2D eigenvalue weighted by Crippen LogP contribution is -2.43. The Morgan fingerprint density at radius 1 is 1.10 bits per heavy atom. The Morgan fingerprint density at radius 3 is 2.54 bits per heavy atom. The molecule has 4 aromatic rings. The number of carbonyl (C=O) groups excluding carboxylic acids is 2. The first-order valence-corrected chi connectivity index (χ1v) is 14.4. The van der Waals surface area contributed by atoms with Gasteiger partial charge in [0.2, 0.25) is 11.8 Å². The van der Waals surface area contributed by atoms with Gasteiger partial charge in [-0.3, -0.25) is 14.5 Å². The highest BCUT2D eigenvalue weighted by molar-refractivity contribution is 8.00. The predicted octanol–water partition coefficient (Wildman–Crippen LogP) is 5.40. The van der Waals surface area contributed by atoms with Gasteiger partial charge in [-0.15, -0.1) is 11.8 Å². The maximum Gasteiger partial charge on any atom is 0.240 e. The zero-order valence-corrected chi connectivity index (χ0v) is 24.7. The molecule has 9 nitrogen and oxygen atoms in total. The van der Waals surface area contributed by atoms with Crippen LogP contribution in [0, 0.1) is 0 Å². The minimum Gasteiger partial charge on any atom is -0.497 e. The molecule has 0 saturated heterocycles. The molecule has 0 fully saturated rings. The molecule has 2 aromatic heterocycles. The number of nitrogens with zero attached hydrogens (tertiary/aromatic N) is 3. The number of carbonyl (C=O) groups is 2. The Labute approximate surface area is 243 Å². The van der Waals surface area contributed by atoms with E-state index in [2.05, 4.69) is 5.32 Å². The van der Waals surface area contributed by atoms with Crippen molar-refractivity contribution in [2.24, 2.45) is 0 Å². The van der Waals surface area contributed by atoms with E-state index in [0.717, 1.165) is 22.4 Å². The fourth-order valence-electron chi connectivity index (χ4n) is 4.88. The maximum absolute atomic E-state index is 13.8. The van der Waals surface area contributed by atoms with Crippen LogP contribution in [0.4, 0.5) is 5.82 Å². The van der Waals surface area contributed by atoms with Crippen molar-refractivity contribution >= 4 is 29.4 Å². The maximum atomic E-state index is 13.8. The quantitative estimate of drug-likeness (QED) is 0.301. The summed E-state index contributed by atoms with van der Waals surface area (Å²) in [4.78, 5) is 28.6. The van der Waals surface area contributed by atoms with E-state index in [-0.39, 0.29) is 35.9 Å². The first-order chi connectivity index (χ1) is 19.7. The molecule has 0 saturated carbocycles. The van der Waals surface area contributed by atoms with Gasteiger partial charge in [-0.1, -0.05) is 30.3 Å². The summed E-state index contributed by atoms with van der Waals surface area (Å²) in [6, 6.07) is 19.1. The largest absolute Gasteiger partial charge is 0.497 e. The molecule has 0 spiro atoms. The van der Waals surface area contributed by atoms with Crippen molar-refractivity contribution < 1.29 is 23.5 Å². The molecule has 1 unspecified atom stereocenters. The van der Waals surface area contributed by atoms with Crippen LogP contribution in [0.1, 0.15) is 42.9 Å². The molecule has 1 aliphatic rings. The molecule has 214 valence electrons. The number of furan rings is 1. The molecule has 10 heteroatoms. The SMILES string of the molecule is COc1ccc(OC)c(C2SCC(=O)N(CC(=O)NCc3ccco3)c3c2c(-c2ccccc2)nn3C(C)(C)C)c1. The molecule has 2 amide bonds. The van der Waals surface area contributed by atoms with E-state index in [1.165, 1.54) is 11.8 Å². The van der Waals surface area contributed by atoms with Gasteiger partial charge in [0.1, 0.15) is 29.6 Å². The van der Waals surface area contributed by atoms with Gasteiger partial charge in [-0.2, -0.15) is 5.10 Å². The van der Waals surface area contributed by atoms with Gasteiger partial charge in [0.15, 0.2) is 0 Å². The van der Waals surface area contributed by atoms with Crippen LogP contribution in [0.25, 0.3) is 11.3 Å². The zero-order valence-electron chi connectivity index (χ0n) is 23.8. The van der Waals surface area contributed by atoms with E-state index < -0.39 is 5.54 Å². The molecule has 3 heterocycles. The fraction of sp³-hybridized carbons (Fsp3) is 0.323. The van der Waals surface area contributed by atoms with Crippen molar-refractivity contribution in [3.8, 4) is 22.8 Å². The van der Waals surface area contributed by atoms with Gasteiger partial charge < -0.3 is 19.2 Å². The third-order valence-corrected chi connectivity index (χ3v) is 8.07. The van der Waals surface area contributed by atoms with E-state index in [0.29, 0.717) is 23.1 Å². The lowest BCUT2D eigenvalue weighted by molar-refractivity contribution is -0.123. The second kappa shape index (κ2) is 11.7. The van der Waals surface area contributed by atoms with Crippen LogP contribution in [-0.2, 0) is 21.7 Å². The van der Waals surface area contributed by atoms with Gasteiger partial charge in [-0.25, -0.2) is 4.68 Å². The Kier molecular flexibility index (Phi) is 8.12. The van der Waals surface area contributed by atoms with E-state index in [1.807, 2.05) is 74.0 Å². The molecule has 5 rings (SSSR count). The average Bonchev–Trinajstić information content (AvgIpc) is 3.61. The second-order valence-electron chi connectivity index (χ2n) is 10.7. The van der Waals surface area contributed by atoms with Crippen molar-refractivity contribution in [1.82, 2.24) is 15.1 Å². The van der Waals surface area contributed by atoms with Crippen LogP contribution < -0.4 is 19.7 Å². The van der Waals surface area contributed by atoms with Crippen molar-refractivity contribution in [3.05, 3.63) is 83.8 Å². The molecule has 41 heavy (non-hydrogen) atoms. The number of thioether (sulfide) groups is 1. The minimum absolute atomic E-state index is 0.156. The van der Waals surface area contributed by atoms with E-state index in [1.54, 1.807) is 37.5 Å². The Balaban J connectivity index is 1.70. The van der Waals surface area contributed by atoms with Crippen LogP contribution in [0.3, 0.4) is 0 Å². The van der Waals surface area contributed by atoms with Gasteiger partial charge in [0.25, 0.3) is 0 Å². The molecular weight excluding hydrogens is 540 g/mol. The van der Waals surface area contributed by atoms with Crippen molar-refractivity contribution in [2.45, 2.75) is 38.1 Å². The summed E-state index contributed by atoms with van der Waals surface area (Å²) in [5.74, 6) is 2.25. The molecule has 1 N–H and O–H groups in total. The standard InChI is InChI=1S/C31H34N4O5S/c1-31(2,3)35-30-27(28(33-35)20-10-7-6-8-11-20)29(23-16-21(38-4)13-14-24(23)39-5)41-19-26(37)34(30)18-25(36)32-17-22-12-9-15-40-22/h6-16,29H,17-19H2,1-5H3,(H,32,36). The number of nitrogens with one attached hydrogen (secondary N) is 1. The van der Waals surface area contributed by atoms with Crippen molar-refractivity contribution in [3.63, 3.8) is 0 Å². The van der Waals surface area contributed by atoms with Crippen LogP contribution >= 0.6 is 11.8 Å². The van der Waals surface area contributed by atoms with E-state index >= 15 is 0 Å². The van der Waals surface area contributed by atoms with E-state index in [9.17, 15) is 9.59 Å². The first-order valence-electron chi connectivity index (χ1n) is 13.3. The number of rotatable bonds is 8. The number of fused-ring (bicyclic) bond motifs is 1. The summed E-state index contributed by atoms with van der Waals surface area (Å²) in [5, 5.41) is 7.66. The first kappa shape index (κ1) is 28.4. The number of amides is 2. The number of methoxy groups -OCH3 is 2. The summed E-state index contributed by atoms with van der Waals surface area (Å²) in [7, 11) is 3.25. The molecule has 2 aromatic carbocycles. The molecule has 0 bridgehead atoms. The Hall–Kier alpha value is -4.18. The summed E-state index contributed by atoms with van der Waals surface area (Å²) >= 11 is 1.48. The summed E-state index contributed by atoms with van der Waals surface area (Å²) in [6.45, 7) is 6.17. The highest BCUT2D eigenvalue weighted by Gasteiger charge is 2.40. The molecule has 0 aliphatic carbocycles. The number of benzene rings is 2. The van der Waals surface area contributed by atoms with Crippen LogP contribution in [0.2, 0.25) is 0 Å².